The van der Waals surface area contributed by atoms with E-state index in [1.807, 2.05) is 12.1 Å². The van der Waals surface area contributed by atoms with Gasteiger partial charge in [0.15, 0.2) is 0 Å². The van der Waals surface area contributed by atoms with Crippen molar-refractivity contribution in [3.63, 3.8) is 0 Å². The van der Waals surface area contributed by atoms with Gasteiger partial charge in [-0.1, -0.05) is 91.0 Å². The first-order valence-corrected chi connectivity index (χ1v) is 13.7. The van der Waals surface area contributed by atoms with Crippen LogP contribution in [-0.4, -0.2) is 4.57 Å². The fraction of sp³-hybridized carbons (Fsp3) is 0. The average molecular weight is 510 g/mol. The zero-order chi connectivity index (χ0) is 26.2. The summed E-state index contributed by atoms with van der Waals surface area (Å²) >= 11 is 0. The Bertz CT molecular complexity index is 2390. The molecule has 0 amide bonds. The fourth-order valence-corrected chi connectivity index (χ4v) is 6.58. The van der Waals surface area contributed by atoms with E-state index in [4.69, 9.17) is 4.42 Å². The molecule has 0 saturated heterocycles. The maximum atomic E-state index is 6.13. The Kier molecular flexibility index (Phi) is 4.36. The minimum absolute atomic E-state index is 0.913. The lowest BCUT2D eigenvalue weighted by Crippen LogP contribution is -1.93. The molecule has 9 aromatic rings. The first kappa shape index (κ1) is 21.6. The van der Waals surface area contributed by atoms with E-state index < -0.39 is 0 Å². The van der Waals surface area contributed by atoms with Gasteiger partial charge in [0, 0.05) is 27.2 Å². The molecule has 2 nitrogen and oxygen atoms in total. The SMILES string of the molecule is c1ccc2c(-c3ccc4c(c3)c3ccccc3n4-c3ccc4oc5ccccc5c4c3)c3ccccc3cc2c1. The van der Waals surface area contributed by atoms with Crippen LogP contribution >= 0.6 is 0 Å². The maximum Gasteiger partial charge on any atom is 0.135 e. The van der Waals surface area contributed by atoms with Crippen molar-refractivity contribution in [3.05, 3.63) is 140 Å². The summed E-state index contributed by atoms with van der Waals surface area (Å²) in [5.74, 6) is 0. The molecule has 0 aliphatic rings. The number of para-hydroxylation sites is 2. The number of nitrogens with zero attached hydrogens (tertiary/aromatic N) is 1. The first-order chi connectivity index (χ1) is 19.8. The standard InChI is InChI=1S/C38H23NO/c1-3-11-28-24(9-1)21-25-10-2-4-12-29(25)38(28)26-17-19-35-32(22-26)30-13-5-7-15-34(30)39(35)27-18-20-37-33(23-27)31-14-6-8-16-36(31)40-37/h1-23H. The molecule has 0 bridgehead atoms. The first-order valence-electron chi connectivity index (χ1n) is 13.7. The van der Waals surface area contributed by atoms with Crippen LogP contribution in [0.5, 0.6) is 0 Å². The Labute approximate surface area is 230 Å². The van der Waals surface area contributed by atoms with Crippen LogP contribution in [-0.2, 0) is 0 Å². The molecule has 2 aromatic heterocycles. The highest BCUT2D eigenvalue weighted by molar-refractivity contribution is 6.16. The van der Waals surface area contributed by atoms with Gasteiger partial charge in [0.1, 0.15) is 11.2 Å². The van der Waals surface area contributed by atoms with Gasteiger partial charge in [-0.05, 0) is 81.2 Å². The van der Waals surface area contributed by atoms with Gasteiger partial charge >= 0.3 is 0 Å². The van der Waals surface area contributed by atoms with Crippen molar-refractivity contribution in [3.8, 4) is 16.8 Å². The Morgan fingerprint density at radius 3 is 1.82 bits per heavy atom. The van der Waals surface area contributed by atoms with E-state index in [0.717, 1.165) is 27.6 Å². The number of fused-ring (bicyclic) bond motifs is 8. The zero-order valence-electron chi connectivity index (χ0n) is 21.6. The number of furan rings is 1. The van der Waals surface area contributed by atoms with Crippen LogP contribution in [0.4, 0.5) is 0 Å². The summed E-state index contributed by atoms with van der Waals surface area (Å²) in [4.78, 5) is 0. The average Bonchev–Trinajstić information content (AvgIpc) is 3.55. The van der Waals surface area contributed by atoms with E-state index in [0.29, 0.717) is 0 Å². The topological polar surface area (TPSA) is 18.1 Å². The van der Waals surface area contributed by atoms with Crippen LogP contribution in [0.25, 0.3) is 82.1 Å². The summed E-state index contributed by atoms with van der Waals surface area (Å²) in [5, 5.41) is 9.87. The molecule has 7 aromatic carbocycles. The second kappa shape index (κ2) is 8.08. The van der Waals surface area contributed by atoms with E-state index in [2.05, 4.69) is 132 Å². The minimum atomic E-state index is 0.913. The van der Waals surface area contributed by atoms with Crippen molar-refractivity contribution in [2.75, 3.05) is 0 Å². The lowest BCUT2D eigenvalue weighted by atomic mass is 9.91. The summed E-state index contributed by atoms with van der Waals surface area (Å²) in [6, 6.07) is 50.2. The number of hydrogen-bond donors (Lipinski definition) is 0. The zero-order valence-corrected chi connectivity index (χ0v) is 21.6. The molecule has 9 rings (SSSR count). The third-order valence-electron chi connectivity index (χ3n) is 8.35. The quantitative estimate of drug-likeness (QED) is 0.212. The molecule has 0 spiro atoms. The molecule has 186 valence electrons. The van der Waals surface area contributed by atoms with Gasteiger partial charge in [-0.2, -0.15) is 0 Å². The van der Waals surface area contributed by atoms with Crippen LogP contribution in [0.15, 0.2) is 144 Å². The molecule has 2 heteroatoms. The highest BCUT2D eigenvalue weighted by Gasteiger charge is 2.16. The van der Waals surface area contributed by atoms with Gasteiger partial charge in [0.2, 0.25) is 0 Å². The number of benzene rings is 7. The Balaban J connectivity index is 1.35. The normalized spacial score (nSPS) is 12.0. The summed E-state index contributed by atoms with van der Waals surface area (Å²) < 4.78 is 8.51. The third-order valence-corrected chi connectivity index (χ3v) is 8.35. The fourth-order valence-electron chi connectivity index (χ4n) is 6.58. The molecular formula is C38H23NO. The largest absolute Gasteiger partial charge is 0.456 e. The van der Waals surface area contributed by atoms with Crippen LogP contribution in [0.2, 0.25) is 0 Å². The maximum absolute atomic E-state index is 6.13. The van der Waals surface area contributed by atoms with Gasteiger partial charge in [-0.3, -0.25) is 0 Å². The molecule has 0 unspecified atom stereocenters. The molecule has 0 radical (unpaired) electrons. The van der Waals surface area contributed by atoms with Gasteiger partial charge < -0.3 is 8.98 Å². The van der Waals surface area contributed by atoms with Crippen molar-refractivity contribution >= 4 is 65.3 Å². The van der Waals surface area contributed by atoms with Gasteiger partial charge in [0.25, 0.3) is 0 Å². The predicted octanol–water partition coefficient (Wildman–Crippen LogP) is 10.7. The van der Waals surface area contributed by atoms with E-state index in [1.165, 1.54) is 54.5 Å². The van der Waals surface area contributed by atoms with Crippen molar-refractivity contribution in [1.29, 1.82) is 0 Å². The molecule has 0 N–H and O–H groups in total. The van der Waals surface area contributed by atoms with Crippen LogP contribution < -0.4 is 0 Å². The molecule has 0 atom stereocenters. The van der Waals surface area contributed by atoms with E-state index in [9.17, 15) is 0 Å². The van der Waals surface area contributed by atoms with Crippen molar-refractivity contribution < 1.29 is 4.42 Å². The van der Waals surface area contributed by atoms with Gasteiger partial charge in [-0.15, -0.1) is 0 Å². The molecule has 0 aliphatic carbocycles. The minimum Gasteiger partial charge on any atom is -0.456 e. The Morgan fingerprint density at radius 1 is 0.400 bits per heavy atom. The molecule has 0 saturated carbocycles. The smallest absolute Gasteiger partial charge is 0.135 e. The second-order valence-corrected chi connectivity index (χ2v) is 10.6. The summed E-state index contributed by atoms with van der Waals surface area (Å²) in [6.07, 6.45) is 0. The lowest BCUT2D eigenvalue weighted by molar-refractivity contribution is 0.669. The Hall–Kier alpha value is -5.34. The second-order valence-electron chi connectivity index (χ2n) is 10.6. The molecule has 0 aliphatic heterocycles. The van der Waals surface area contributed by atoms with Gasteiger partial charge in [-0.25, -0.2) is 0 Å². The third kappa shape index (κ3) is 2.99. The van der Waals surface area contributed by atoms with E-state index in [-0.39, 0.29) is 0 Å². The highest BCUT2D eigenvalue weighted by Crippen LogP contribution is 2.41. The molecule has 0 fully saturated rings. The number of aromatic nitrogens is 1. The lowest BCUT2D eigenvalue weighted by Gasteiger charge is -2.13. The molecule has 40 heavy (non-hydrogen) atoms. The summed E-state index contributed by atoms with van der Waals surface area (Å²) in [5.41, 5.74) is 7.89. The predicted molar refractivity (Wildman–Crippen MR) is 169 cm³/mol. The number of rotatable bonds is 2. The van der Waals surface area contributed by atoms with Crippen LogP contribution in [0.1, 0.15) is 0 Å². The summed E-state index contributed by atoms with van der Waals surface area (Å²) in [6.45, 7) is 0. The Morgan fingerprint density at radius 2 is 1.02 bits per heavy atom. The monoisotopic (exact) mass is 509 g/mol. The van der Waals surface area contributed by atoms with Crippen molar-refractivity contribution in [2.24, 2.45) is 0 Å². The van der Waals surface area contributed by atoms with E-state index in [1.54, 1.807) is 0 Å². The summed E-state index contributed by atoms with van der Waals surface area (Å²) in [7, 11) is 0. The molecular weight excluding hydrogens is 486 g/mol. The van der Waals surface area contributed by atoms with Crippen LogP contribution in [0.3, 0.4) is 0 Å². The van der Waals surface area contributed by atoms with Crippen LogP contribution in [0, 0.1) is 0 Å². The van der Waals surface area contributed by atoms with Crippen molar-refractivity contribution in [2.45, 2.75) is 0 Å². The van der Waals surface area contributed by atoms with E-state index >= 15 is 0 Å². The molecule has 2 heterocycles. The van der Waals surface area contributed by atoms with Gasteiger partial charge in [0.05, 0.1) is 11.0 Å². The highest BCUT2D eigenvalue weighted by atomic mass is 16.3. The van der Waals surface area contributed by atoms with Crippen molar-refractivity contribution in [1.82, 2.24) is 4.57 Å². The number of hydrogen-bond acceptors (Lipinski definition) is 1.